The average molecular weight is 222 g/mol. The normalized spacial score (nSPS) is 11.5. The third kappa shape index (κ3) is 3.61. The van der Waals surface area contributed by atoms with Gasteiger partial charge in [-0.2, -0.15) is 5.10 Å². The Balaban J connectivity index is 0.000000153. The quantitative estimate of drug-likeness (QED) is 0.720. The van der Waals surface area contributed by atoms with Crippen LogP contribution >= 0.6 is 0 Å². The molecule has 1 N–H and O–H groups in total. The van der Waals surface area contributed by atoms with Gasteiger partial charge in [0.15, 0.2) is 0 Å². The molecule has 2 aromatic carbocycles. The molecule has 0 amide bonds. The van der Waals surface area contributed by atoms with E-state index in [1.165, 1.54) is 5.56 Å². The van der Waals surface area contributed by atoms with Crippen LogP contribution in [-0.2, 0) is 0 Å². The molecule has 0 spiro atoms. The van der Waals surface area contributed by atoms with Crippen LogP contribution in [0, 0.1) is 0 Å². The monoisotopic (exact) mass is 222 g/mol. The Morgan fingerprint density at radius 1 is 0.765 bits per heavy atom. The molecule has 0 saturated heterocycles. The first-order valence-electron chi connectivity index (χ1n) is 5.51. The van der Waals surface area contributed by atoms with E-state index in [1.54, 1.807) is 6.21 Å². The minimum Gasteiger partial charge on any atom is -0.278 e. The maximum atomic E-state index is 3.95. The summed E-state index contributed by atoms with van der Waals surface area (Å²) in [7, 11) is 0. The predicted molar refractivity (Wildman–Crippen MR) is 74.0 cm³/mol. The van der Waals surface area contributed by atoms with Crippen molar-refractivity contribution >= 4 is 18.0 Å². The molecule has 3 rings (SSSR count). The van der Waals surface area contributed by atoms with Gasteiger partial charge in [-0.3, -0.25) is 5.43 Å². The second-order valence-corrected chi connectivity index (χ2v) is 3.49. The van der Waals surface area contributed by atoms with E-state index >= 15 is 0 Å². The highest BCUT2D eigenvalue weighted by Crippen LogP contribution is 2.17. The van der Waals surface area contributed by atoms with Crippen molar-refractivity contribution in [2.75, 3.05) is 5.43 Å². The fourth-order valence-electron chi connectivity index (χ4n) is 1.43. The minimum absolute atomic E-state index is 1.05. The molecule has 0 atom stereocenters. The summed E-state index contributed by atoms with van der Waals surface area (Å²) < 4.78 is 0. The first kappa shape index (κ1) is 11.1. The number of hydrogen-bond acceptors (Lipinski definition) is 2. The predicted octanol–water partition coefficient (Wildman–Crippen LogP) is 3.80. The van der Waals surface area contributed by atoms with Crippen LogP contribution in [0.15, 0.2) is 71.8 Å². The molecule has 0 unspecified atom stereocenters. The van der Waals surface area contributed by atoms with Crippen LogP contribution in [-0.4, -0.2) is 6.21 Å². The third-order valence-electron chi connectivity index (χ3n) is 2.25. The standard InChI is InChI=1S/C9H8N2.C6H6/c1-2-6-9-8(4-1)5-3-7-10-11-9;1-2-4-6-5-3-1/h1-7,11H;1-6H. The molecule has 2 heteroatoms. The van der Waals surface area contributed by atoms with Crippen molar-refractivity contribution in [2.45, 2.75) is 0 Å². The van der Waals surface area contributed by atoms with Gasteiger partial charge in [-0.15, -0.1) is 0 Å². The number of nitrogens with zero attached hydrogens (tertiary/aromatic N) is 1. The Morgan fingerprint density at radius 2 is 1.41 bits per heavy atom. The summed E-state index contributed by atoms with van der Waals surface area (Å²) in [6, 6.07) is 20.0. The lowest BCUT2D eigenvalue weighted by Gasteiger charge is -2.00. The van der Waals surface area contributed by atoms with Crippen LogP contribution in [0.5, 0.6) is 0 Å². The van der Waals surface area contributed by atoms with Crippen LogP contribution in [0.4, 0.5) is 5.69 Å². The Morgan fingerprint density at radius 3 is 2.12 bits per heavy atom. The topological polar surface area (TPSA) is 24.4 Å². The highest BCUT2D eigenvalue weighted by molar-refractivity contribution is 5.83. The van der Waals surface area contributed by atoms with E-state index in [2.05, 4.69) is 10.5 Å². The second kappa shape index (κ2) is 6.28. The van der Waals surface area contributed by atoms with Crippen molar-refractivity contribution in [2.24, 2.45) is 5.10 Å². The van der Waals surface area contributed by atoms with Crippen molar-refractivity contribution in [1.82, 2.24) is 0 Å². The summed E-state index contributed by atoms with van der Waals surface area (Å²) in [5, 5.41) is 3.95. The zero-order valence-electron chi connectivity index (χ0n) is 9.45. The molecule has 2 nitrogen and oxygen atoms in total. The van der Waals surface area contributed by atoms with Gasteiger partial charge in [0.05, 0.1) is 5.69 Å². The van der Waals surface area contributed by atoms with Gasteiger partial charge in [-0.05, 0) is 17.7 Å². The first-order valence-corrected chi connectivity index (χ1v) is 5.51. The van der Waals surface area contributed by atoms with Gasteiger partial charge in [-0.25, -0.2) is 0 Å². The fourth-order valence-corrected chi connectivity index (χ4v) is 1.43. The number of hydrazone groups is 1. The van der Waals surface area contributed by atoms with Crippen molar-refractivity contribution in [3.63, 3.8) is 0 Å². The Hall–Kier alpha value is -2.35. The maximum absolute atomic E-state index is 3.95. The highest BCUT2D eigenvalue weighted by Gasteiger charge is 1.96. The second-order valence-electron chi connectivity index (χ2n) is 3.49. The van der Waals surface area contributed by atoms with E-state index in [1.807, 2.05) is 72.8 Å². The van der Waals surface area contributed by atoms with Gasteiger partial charge in [-0.1, -0.05) is 60.7 Å². The smallest absolute Gasteiger partial charge is 0.0634 e. The number of fused-ring (bicyclic) bond motifs is 1. The van der Waals surface area contributed by atoms with E-state index < -0.39 is 0 Å². The summed E-state index contributed by atoms with van der Waals surface area (Å²) in [4.78, 5) is 0. The molecule has 17 heavy (non-hydrogen) atoms. The molecule has 1 aliphatic rings. The van der Waals surface area contributed by atoms with Crippen LogP contribution < -0.4 is 5.43 Å². The van der Waals surface area contributed by atoms with Crippen LogP contribution in [0.2, 0.25) is 0 Å². The SMILES string of the molecule is C1=Cc2ccccc2NN=C1.c1ccccc1. The van der Waals surface area contributed by atoms with Crippen molar-refractivity contribution in [3.05, 3.63) is 72.3 Å². The molecule has 0 saturated carbocycles. The Kier molecular flexibility index (Phi) is 4.12. The fraction of sp³-hybridized carbons (Fsp3) is 0. The minimum atomic E-state index is 1.05. The van der Waals surface area contributed by atoms with Crippen LogP contribution in [0.1, 0.15) is 5.56 Å². The average Bonchev–Trinajstić information content (AvgIpc) is 2.66. The lowest BCUT2D eigenvalue weighted by molar-refractivity contribution is 1.36. The maximum Gasteiger partial charge on any atom is 0.0634 e. The van der Waals surface area contributed by atoms with Gasteiger partial charge < -0.3 is 0 Å². The van der Waals surface area contributed by atoms with E-state index in [4.69, 9.17) is 0 Å². The summed E-state index contributed by atoms with van der Waals surface area (Å²) in [5.41, 5.74) is 5.16. The molecule has 1 aliphatic heterocycles. The third-order valence-corrected chi connectivity index (χ3v) is 2.25. The molecule has 1 heterocycles. The summed E-state index contributed by atoms with van der Waals surface area (Å²) >= 11 is 0. The van der Waals surface area contributed by atoms with Gasteiger partial charge in [0.1, 0.15) is 0 Å². The number of allylic oxidation sites excluding steroid dienone is 1. The van der Waals surface area contributed by atoms with E-state index in [-0.39, 0.29) is 0 Å². The summed E-state index contributed by atoms with van der Waals surface area (Å²) in [5.74, 6) is 0. The number of benzene rings is 2. The molecular formula is C15H14N2. The number of anilines is 1. The number of hydrogen-bond donors (Lipinski definition) is 1. The zero-order valence-corrected chi connectivity index (χ0v) is 9.45. The van der Waals surface area contributed by atoms with Gasteiger partial charge in [0, 0.05) is 6.21 Å². The molecule has 0 fully saturated rings. The lowest BCUT2D eigenvalue weighted by atomic mass is 10.2. The molecule has 84 valence electrons. The lowest BCUT2D eigenvalue weighted by Crippen LogP contribution is -1.87. The molecule has 0 radical (unpaired) electrons. The zero-order chi connectivity index (χ0) is 11.8. The molecule has 0 aromatic heterocycles. The largest absolute Gasteiger partial charge is 0.278 e. The van der Waals surface area contributed by atoms with Gasteiger partial charge in [0.2, 0.25) is 0 Å². The van der Waals surface area contributed by atoms with E-state index in [0.717, 1.165) is 5.69 Å². The molecule has 0 aliphatic carbocycles. The van der Waals surface area contributed by atoms with Gasteiger partial charge >= 0.3 is 0 Å². The number of nitrogens with one attached hydrogen (secondary N) is 1. The number of para-hydroxylation sites is 1. The van der Waals surface area contributed by atoms with Crippen LogP contribution in [0.3, 0.4) is 0 Å². The summed E-state index contributed by atoms with van der Waals surface area (Å²) in [6.07, 6.45) is 5.68. The van der Waals surface area contributed by atoms with Crippen molar-refractivity contribution in [3.8, 4) is 0 Å². The van der Waals surface area contributed by atoms with E-state index in [9.17, 15) is 0 Å². The van der Waals surface area contributed by atoms with Crippen molar-refractivity contribution < 1.29 is 0 Å². The van der Waals surface area contributed by atoms with E-state index in [0.29, 0.717) is 0 Å². The van der Waals surface area contributed by atoms with Crippen LogP contribution in [0.25, 0.3) is 6.08 Å². The molecule has 0 bridgehead atoms. The Labute approximate surface area is 101 Å². The van der Waals surface area contributed by atoms with Crippen molar-refractivity contribution in [1.29, 1.82) is 0 Å². The Bertz CT molecular complexity index is 475. The summed E-state index contributed by atoms with van der Waals surface area (Å²) in [6.45, 7) is 0. The number of rotatable bonds is 0. The molecular weight excluding hydrogens is 208 g/mol. The van der Waals surface area contributed by atoms with Gasteiger partial charge in [0.25, 0.3) is 0 Å². The highest BCUT2D eigenvalue weighted by atomic mass is 15.3. The first-order chi connectivity index (χ1) is 8.47. The molecule has 2 aromatic rings.